The van der Waals surface area contributed by atoms with Gasteiger partial charge in [-0.1, -0.05) is 43.5 Å². The molecule has 1 aliphatic carbocycles. The molecule has 2 atom stereocenters. The monoisotopic (exact) mass is 245 g/mol. The number of nitrogens with two attached hydrogens (primary N) is 1. The van der Waals surface area contributed by atoms with Gasteiger partial charge < -0.3 is 10.5 Å². The van der Waals surface area contributed by atoms with Gasteiger partial charge in [-0.2, -0.15) is 0 Å². The highest BCUT2D eigenvalue weighted by molar-refractivity contribution is 5.32. The van der Waals surface area contributed by atoms with Crippen molar-refractivity contribution >= 4 is 0 Å². The van der Waals surface area contributed by atoms with E-state index >= 15 is 0 Å². The summed E-state index contributed by atoms with van der Waals surface area (Å²) in [6, 6.07) is 8.81. The summed E-state index contributed by atoms with van der Waals surface area (Å²) in [7, 11) is 0. The van der Waals surface area contributed by atoms with Crippen molar-refractivity contribution in [1.82, 2.24) is 0 Å². The van der Waals surface area contributed by atoms with Crippen molar-refractivity contribution in [2.24, 2.45) is 11.7 Å². The summed E-state index contributed by atoms with van der Waals surface area (Å²) in [6.45, 7) is 0.822. The summed E-state index contributed by atoms with van der Waals surface area (Å²) in [6.07, 6.45) is 7.78. The first-order valence-electron chi connectivity index (χ1n) is 7.31. The molecule has 1 saturated carbocycles. The van der Waals surface area contributed by atoms with E-state index < -0.39 is 0 Å². The van der Waals surface area contributed by atoms with E-state index in [0.29, 0.717) is 5.92 Å². The van der Waals surface area contributed by atoms with Crippen LogP contribution in [0.15, 0.2) is 24.3 Å². The van der Waals surface area contributed by atoms with Gasteiger partial charge in [0, 0.05) is 6.04 Å². The molecule has 98 valence electrons. The van der Waals surface area contributed by atoms with Gasteiger partial charge in [-0.15, -0.1) is 0 Å². The largest absolute Gasteiger partial charge is 0.372 e. The lowest BCUT2D eigenvalue weighted by Gasteiger charge is -2.36. The molecule has 1 heterocycles. The van der Waals surface area contributed by atoms with Gasteiger partial charge in [0.1, 0.15) is 0 Å². The molecule has 2 N–H and O–H groups in total. The van der Waals surface area contributed by atoms with Gasteiger partial charge >= 0.3 is 0 Å². The van der Waals surface area contributed by atoms with E-state index in [1.54, 1.807) is 0 Å². The van der Waals surface area contributed by atoms with Crippen LogP contribution in [0.25, 0.3) is 0 Å². The predicted molar refractivity (Wildman–Crippen MR) is 73.4 cm³/mol. The third kappa shape index (κ3) is 2.32. The average Bonchev–Trinajstić information content (AvgIpc) is 2.47. The van der Waals surface area contributed by atoms with Crippen LogP contribution in [0, 0.1) is 5.92 Å². The molecule has 0 radical (unpaired) electrons. The van der Waals surface area contributed by atoms with Gasteiger partial charge in [0.2, 0.25) is 0 Å². The molecule has 2 heteroatoms. The molecule has 0 aromatic heterocycles. The van der Waals surface area contributed by atoms with Crippen LogP contribution in [-0.2, 0) is 11.2 Å². The second-order valence-corrected chi connectivity index (χ2v) is 5.72. The number of rotatable bonds is 2. The lowest BCUT2D eigenvalue weighted by Crippen LogP contribution is -2.40. The Morgan fingerprint density at radius 1 is 1.11 bits per heavy atom. The van der Waals surface area contributed by atoms with Crippen LogP contribution >= 0.6 is 0 Å². The van der Waals surface area contributed by atoms with Gasteiger partial charge in [-0.3, -0.25) is 0 Å². The molecular weight excluding hydrogens is 222 g/mol. The Hall–Kier alpha value is -0.860. The fraction of sp³-hybridized carbons (Fsp3) is 0.625. The maximum absolute atomic E-state index is 6.51. The van der Waals surface area contributed by atoms with E-state index in [0.717, 1.165) is 13.0 Å². The van der Waals surface area contributed by atoms with Gasteiger partial charge in [-0.25, -0.2) is 0 Å². The van der Waals surface area contributed by atoms with E-state index in [2.05, 4.69) is 24.3 Å². The Morgan fingerprint density at radius 3 is 2.72 bits per heavy atom. The third-order valence-corrected chi connectivity index (χ3v) is 4.57. The maximum Gasteiger partial charge on any atom is 0.0981 e. The number of hydrogen-bond acceptors (Lipinski definition) is 2. The van der Waals surface area contributed by atoms with Gasteiger partial charge in [0.25, 0.3) is 0 Å². The molecule has 0 spiro atoms. The minimum Gasteiger partial charge on any atom is -0.372 e. The average molecular weight is 245 g/mol. The molecule has 1 fully saturated rings. The second-order valence-electron chi connectivity index (χ2n) is 5.72. The summed E-state index contributed by atoms with van der Waals surface area (Å²) in [4.78, 5) is 0. The van der Waals surface area contributed by atoms with Gasteiger partial charge in [0.15, 0.2) is 0 Å². The smallest absolute Gasteiger partial charge is 0.0981 e. The minimum atomic E-state index is 0.123. The highest BCUT2D eigenvalue weighted by Gasteiger charge is 2.32. The first-order valence-corrected chi connectivity index (χ1v) is 7.31. The van der Waals surface area contributed by atoms with Crippen LogP contribution in [0.3, 0.4) is 0 Å². The maximum atomic E-state index is 6.51. The number of hydrogen-bond donors (Lipinski definition) is 1. The Balaban J connectivity index is 1.80. The van der Waals surface area contributed by atoms with Crippen LogP contribution in [0.5, 0.6) is 0 Å². The quantitative estimate of drug-likeness (QED) is 0.868. The molecule has 0 bridgehead atoms. The molecular formula is C16H23NO. The molecule has 2 unspecified atom stereocenters. The van der Waals surface area contributed by atoms with Crippen molar-refractivity contribution in [2.45, 2.75) is 50.7 Å². The number of ether oxygens (including phenoxy) is 1. The standard InChI is InChI=1S/C16H23NO/c17-15(13-7-2-1-3-8-13)16-14-9-5-4-6-12(14)10-11-18-16/h4-6,9,13,15-16H,1-3,7-8,10-11,17H2. The molecule has 1 aromatic rings. The van der Waals surface area contributed by atoms with Crippen LogP contribution < -0.4 is 5.73 Å². The zero-order chi connectivity index (χ0) is 12.4. The predicted octanol–water partition coefficient (Wildman–Crippen LogP) is 3.21. The van der Waals surface area contributed by atoms with Crippen LogP contribution in [-0.4, -0.2) is 12.6 Å². The molecule has 2 aliphatic rings. The Bertz CT molecular complexity index is 398. The molecule has 1 aromatic carbocycles. The fourth-order valence-corrected chi connectivity index (χ4v) is 3.51. The molecule has 1 aliphatic heterocycles. The normalized spacial score (nSPS) is 26.6. The summed E-state index contributed by atoms with van der Waals surface area (Å²) >= 11 is 0. The number of fused-ring (bicyclic) bond motifs is 1. The molecule has 0 amide bonds. The van der Waals surface area contributed by atoms with Crippen LogP contribution in [0.4, 0.5) is 0 Å². The zero-order valence-electron chi connectivity index (χ0n) is 11.0. The summed E-state index contributed by atoms with van der Waals surface area (Å²) in [5, 5.41) is 0. The first-order chi connectivity index (χ1) is 8.86. The van der Waals surface area contributed by atoms with E-state index in [9.17, 15) is 0 Å². The third-order valence-electron chi connectivity index (χ3n) is 4.57. The Labute approximate surface area is 110 Å². The Kier molecular flexibility index (Phi) is 3.67. The first kappa shape index (κ1) is 12.2. The summed E-state index contributed by atoms with van der Waals surface area (Å²) in [5.41, 5.74) is 9.28. The SMILES string of the molecule is NC(C1CCCCC1)C1OCCc2ccccc21. The highest BCUT2D eigenvalue weighted by Crippen LogP contribution is 2.36. The van der Waals surface area contributed by atoms with E-state index in [1.165, 1.54) is 43.2 Å². The lowest BCUT2D eigenvalue weighted by molar-refractivity contribution is 0.00588. The van der Waals surface area contributed by atoms with E-state index in [4.69, 9.17) is 10.5 Å². The molecule has 2 nitrogen and oxygen atoms in total. The van der Waals surface area contributed by atoms with Crippen molar-refractivity contribution in [3.63, 3.8) is 0 Å². The fourth-order valence-electron chi connectivity index (χ4n) is 3.51. The van der Waals surface area contributed by atoms with E-state index in [1.807, 2.05) is 0 Å². The Morgan fingerprint density at radius 2 is 1.89 bits per heavy atom. The van der Waals surface area contributed by atoms with Crippen LogP contribution in [0.1, 0.15) is 49.3 Å². The number of benzene rings is 1. The van der Waals surface area contributed by atoms with E-state index in [-0.39, 0.29) is 12.1 Å². The highest BCUT2D eigenvalue weighted by atomic mass is 16.5. The minimum absolute atomic E-state index is 0.123. The summed E-state index contributed by atoms with van der Waals surface area (Å²) < 4.78 is 5.99. The van der Waals surface area contributed by atoms with Gasteiger partial charge in [0.05, 0.1) is 12.7 Å². The second kappa shape index (κ2) is 5.41. The van der Waals surface area contributed by atoms with Crippen LogP contribution in [0.2, 0.25) is 0 Å². The van der Waals surface area contributed by atoms with Crippen molar-refractivity contribution in [2.75, 3.05) is 6.61 Å². The van der Waals surface area contributed by atoms with Crippen molar-refractivity contribution in [1.29, 1.82) is 0 Å². The van der Waals surface area contributed by atoms with Crippen molar-refractivity contribution in [3.05, 3.63) is 35.4 Å². The van der Waals surface area contributed by atoms with Crippen molar-refractivity contribution in [3.8, 4) is 0 Å². The summed E-state index contributed by atoms with van der Waals surface area (Å²) in [5.74, 6) is 0.648. The van der Waals surface area contributed by atoms with Gasteiger partial charge in [-0.05, 0) is 36.3 Å². The lowest BCUT2D eigenvalue weighted by atomic mass is 9.79. The molecule has 18 heavy (non-hydrogen) atoms. The van der Waals surface area contributed by atoms with Crippen molar-refractivity contribution < 1.29 is 4.74 Å². The topological polar surface area (TPSA) is 35.2 Å². The molecule has 0 saturated heterocycles. The zero-order valence-corrected chi connectivity index (χ0v) is 11.0. The molecule has 3 rings (SSSR count).